The fourth-order valence-corrected chi connectivity index (χ4v) is 8.84. The third-order valence-electron chi connectivity index (χ3n) is 12.8. The minimum absolute atomic E-state index is 0.0853. The summed E-state index contributed by atoms with van der Waals surface area (Å²) < 4.78 is 17.8. The molecule has 14 nitrogen and oxygen atoms in total. The molecule has 1 aliphatic rings. The average Bonchev–Trinajstić information content (AvgIpc) is 3.40. The molecule has 1 aliphatic heterocycles. The maximum absolute atomic E-state index is 13.8. The van der Waals surface area contributed by atoms with Crippen molar-refractivity contribution in [2.24, 2.45) is 5.92 Å². The third-order valence-corrected chi connectivity index (χ3v) is 12.8. The van der Waals surface area contributed by atoms with Crippen LogP contribution in [0.5, 0.6) is 17.2 Å². The first-order valence-electron chi connectivity index (χ1n) is 23.9. The van der Waals surface area contributed by atoms with Gasteiger partial charge in [-0.2, -0.15) is 0 Å². The number of carbonyl (C=O) groups is 3. The van der Waals surface area contributed by atoms with Crippen molar-refractivity contribution in [2.75, 3.05) is 46.4 Å². The summed E-state index contributed by atoms with van der Waals surface area (Å²) in [6.45, 7) is 4.39. The highest BCUT2D eigenvalue weighted by molar-refractivity contribution is 5.95. The van der Waals surface area contributed by atoms with Gasteiger partial charge in [0.15, 0.2) is 0 Å². The number of amides is 2. The van der Waals surface area contributed by atoms with Gasteiger partial charge < -0.3 is 45.4 Å². The number of pyridine rings is 1. The Balaban J connectivity index is 0.767. The Labute approximate surface area is 412 Å². The highest BCUT2D eigenvalue weighted by Gasteiger charge is 2.27. The van der Waals surface area contributed by atoms with Gasteiger partial charge in [-0.3, -0.25) is 24.1 Å². The molecule has 2 amide bonds. The SMILES string of the molecule is COc1cc(C(=O)NCCNC(=O)c2ccc(COc3cccc(C(C(=O)OCC4CCN(Cc5ccccc5)CC4)c4ccccc4)c3)cc2)ccc1CNC[C@H](O)c1ccc(O)c2[nH]c(=O)ccc12. The summed E-state index contributed by atoms with van der Waals surface area (Å²) in [6.07, 6.45) is 1.02. The number of rotatable bonds is 21. The zero-order chi connectivity index (χ0) is 49.5. The van der Waals surface area contributed by atoms with E-state index in [2.05, 4.69) is 50.1 Å². The van der Waals surface area contributed by atoms with Crippen LogP contribution in [0.2, 0.25) is 0 Å². The molecule has 6 aromatic carbocycles. The van der Waals surface area contributed by atoms with E-state index >= 15 is 0 Å². The van der Waals surface area contributed by atoms with E-state index in [0.717, 1.165) is 54.7 Å². The van der Waals surface area contributed by atoms with Crippen molar-refractivity contribution in [2.45, 2.75) is 44.6 Å². The van der Waals surface area contributed by atoms with E-state index in [9.17, 15) is 29.4 Å². The Kier molecular flexibility index (Phi) is 16.9. The van der Waals surface area contributed by atoms with E-state index in [1.54, 1.807) is 42.5 Å². The molecule has 71 heavy (non-hydrogen) atoms. The second kappa shape index (κ2) is 24.2. The van der Waals surface area contributed by atoms with Crippen LogP contribution in [0, 0.1) is 5.92 Å². The maximum atomic E-state index is 13.8. The Bertz CT molecular complexity index is 2960. The van der Waals surface area contributed by atoms with Gasteiger partial charge in [0.25, 0.3) is 11.8 Å². The lowest BCUT2D eigenvalue weighted by Crippen LogP contribution is -2.35. The van der Waals surface area contributed by atoms with Crippen LogP contribution in [0.25, 0.3) is 10.9 Å². The van der Waals surface area contributed by atoms with Crippen LogP contribution >= 0.6 is 0 Å². The van der Waals surface area contributed by atoms with Crippen molar-refractivity contribution >= 4 is 28.7 Å². The van der Waals surface area contributed by atoms with Crippen LogP contribution in [-0.2, 0) is 29.2 Å². The van der Waals surface area contributed by atoms with Gasteiger partial charge in [0.05, 0.1) is 25.3 Å². The van der Waals surface area contributed by atoms with Crippen molar-refractivity contribution in [3.8, 4) is 17.2 Å². The number of nitrogens with zero attached hydrogens (tertiary/aromatic N) is 1. The fraction of sp³-hybridized carbons (Fsp3) is 0.263. The summed E-state index contributed by atoms with van der Waals surface area (Å²) in [5.74, 6) is -0.208. The van der Waals surface area contributed by atoms with Crippen molar-refractivity contribution in [1.29, 1.82) is 0 Å². The van der Waals surface area contributed by atoms with Crippen LogP contribution < -0.4 is 31.0 Å². The summed E-state index contributed by atoms with van der Waals surface area (Å²) in [4.78, 5) is 56.7. The van der Waals surface area contributed by atoms with Gasteiger partial charge >= 0.3 is 5.97 Å². The van der Waals surface area contributed by atoms with Crippen molar-refractivity contribution < 1.29 is 38.8 Å². The number of esters is 1. The summed E-state index contributed by atoms with van der Waals surface area (Å²) in [7, 11) is 1.51. The highest BCUT2D eigenvalue weighted by atomic mass is 16.5. The summed E-state index contributed by atoms with van der Waals surface area (Å²) in [5.41, 5.74) is 5.82. The van der Waals surface area contributed by atoms with E-state index in [0.29, 0.717) is 52.6 Å². The second-order valence-corrected chi connectivity index (χ2v) is 17.7. The van der Waals surface area contributed by atoms with Gasteiger partial charge in [-0.1, -0.05) is 97.1 Å². The number of hydrogen-bond donors (Lipinski definition) is 6. The van der Waals surface area contributed by atoms with E-state index < -0.39 is 12.0 Å². The predicted molar refractivity (Wildman–Crippen MR) is 271 cm³/mol. The first-order valence-corrected chi connectivity index (χ1v) is 23.9. The lowest BCUT2D eigenvalue weighted by Gasteiger charge is -2.32. The minimum Gasteiger partial charge on any atom is -0.506 e. The Morgan fingerprint density at radius 1 is 0.746 bits per heavy atom. The number of phenolic OH excluding ortho intramolecular Hbond substituents is 1. The summed E-state index contributed by atoms with van der Waals surface area (Å²) in [6, 6.07) is 45.8. The van der Waals surface area contributed by atoms with Gasteiger partial charge in [0.2, 0.25) is 5.56 Å². The number of ether oxygens (including phenoxy) is 3. The number of phenols is 1. The van der Waals surface area contributed by atoms with E-state index in [4.69, 9.17) is 14.2 Å². The Hall–Kier alpha value is -7.78. The van der Waals surface area contributed by atoms with Gasteiger partial charge in [0.1, 0.15) is 29.8 Å². The number of likely N-dealkylation sites (tertiary alicyclic amines) is 1. The number of nitrogens with one attached hydrogen (secondary N) is 4. The smallest absolute Gasteiger partial charge is 0.317 e. The molecule has 1 fully saturated rings. The summed E-state index contributed by atoms with van der Waals surface area (Å²) in [5, 5.41) is 30.5. The molecular weight excluding hydrogens is 899 g/mol. The van der Waals surface area contributed by atoms with Crippen LogP contribution in [0.4, 0.5) is 0 Å². The highest BCUT2D eigenvalue weighted by Crippen LogP contribution is 2.31. The average molecular weight is 958 g/mol. The second-order valence-electron chi connectivity index (χ2n) is 17.7. The Morgan fingerprint density at radius 3 is 2.17 bits per heavy atom. The Morgan fingerprint density at radius 2 is 1.44 bits per heavy atom. The lowest BCUT2D eigenvalue weighted by molar-refractivity contribution is -0.146. The zero-order valence-electron chi connectivity index (χ0n) is 39.6. The van der Waals surface area contributed by atoms with Gasteiger partial charge in [-0.15, -0.1) is 0 Å². The molecule has 2 atom stereocenters. The number of aromatic nitrogens is 1. The van der Waals surface area contributed by atoms with E-state index in [1.165, 1.54) is 24.8 Å². The number of aromatic hydroxyl groups is 1. The molecule has 6 N–H and O–H groups in total. The van der Waals surface area contributed by atoms with E-state index in [-0.39, 0.29) is 60.9 Å². The third kappa shape index (κ3) is 13.3. The molecule has 7 aromatic rings. The molecule has 0 bridgehead atoms. The van der Waals surface area contributed by atoms with E-state index in [1.807, 2.05) is 72.8 Å². The number of carbonyl (C=O) groups excluding carboxylic acids is 3. The first kappa shape index (κ1) is 49.6. The molecular formula is C57H59N5O9. The van der Waals surface area contributed by atoms with Crippen molar-refractivity contribution in [1.82, 2.24) is 25.8 Å². The molecule has 0 aliphatic carbocycles. The van der Waals surface area contributed by atoms with Gasteiger partial charge in [0, 0.05) is 60.9 Å². The number of H-pyrrole nitrogens is 1. The number of piperidine rings is 1. The number of benzene rings is 6. The van der Waals surface area contributed by atoms with Crippen LogP contribution in [0.3, 0.4) is 0 Å². The molecule has 1 aromatic heterocycles. The molecule has 366 valence electrons. The monoisotopic (exact) mass is 957 g/mol. The number of aliphatic hydroxyl groups is 1. The van der Waals surface area contributed by atoms with Crippen LogP contribution in [-0.4, -0.2) is 84.3 Å². The molecule has 2 heterocycles. The maximum Gasteiger partial charge on any atom is 0.317 e. The minimum atomic E-state index is -0.939. The molecule has 14 heteroatoms. The number of aromatic amines is 1. The normalized spacial score (nSPS) is 13.8. The summed E-state index contributed by atoms with van der Waals surface area (Å²) >= 11 is 0. The molecule has 1 saturated heterocycles. The molecule has 0 saturated carbocycles. The topological polar surface area (TPSA) is 192 Å². The molecule has 0 spiro atoms. The molecule has 8 rings (SSSR count). The molecule has 0 radical (unpaired) electrons. The predicted octanol–water partition coefficient (Wildman–Crippen LogP) is 7.39. The van der Waals surface area contributed by atoms with Crippen molar-refractivity contribution in [3.05, 3.63) is 207 Å². The zero-order valence-corrected chi connectivity index (χ0v) is 39.6. The lowest BCUT2D eigenvalue weighted by atomic mass is 9.91. The number of fused-ring (bicyclic) bond motifs is 1. The largest absolute Gasteiger partial charge is 0.506 e. The quantitative estimate of drug-likeness (QED) is 0.0311. The standard InChI is InChI=1S/C57H59N5O9/c1-69-51-32-44(19-20-45(51)33-58-34-50(64)47-21-23-49(63)54-48(47)22-24-52(65)61-54)56(67)60-28-27-59-55(66)42-17-15-39(16-18-42)36-70-46-14-8-13-43(31-46)53(41-11-6-3-7-12-41)57(68)71-37-40-25-29-62(30-26-40)35-38-9-4-2-5-10-38/h2-24,31-32,40,50,53,58,63-64H,25-30,33-37H2,1H3,(H,59,66)(H,60,67)(H,61,65)/t50-,53?/m0/s1. The fourth-order valence-electron chi connectivity index (χ4n) is 8.84. The van der Waals surface area contributed by atoms with Crippen LogP contribution in [0.1, 0.15) is 79.0 Å². The van der Waals surface area contributed by atoms with Gasteiger partial charge in [-0.05, 0) is 108 Å². The number of hydrogen-bond acceptors (Lipinski definition) is 11. The van der Waals surface area contributed by atoms with Crippen LogP contribution in [0.15, 0.2) is 156 Å². The van der Waals surface area contributed by atoms with Gasteiger partial charge in [-0.25, -0.2) is 0 Å². The molecule has 1 unspecified atom stereocenters. The van der Waals surface area contributed by atoms with Crippen molar-refractivity contribution in [3.63, 3.8) is 0 Å². The first-order chi connectivity index (χ1) is 34.6. The number of aliphatic hydroxyl groups excluding tert-OH is 1. The number of methoxy groups -OCH3 is 1.